The van der Waals surface area contributed by atoms with Crippen molar-refractivity contribution in [3.05, 3.63) is 77.3 Å². The molecule has 2 heterocycles. The van der Waals surface area contributed by atoms with Gasteiger partial charge in [-0.25, -0.2) is 4.98 Å². The number of aliphatic hydroxyl groups excluding tert-OH is 1. The number of aldehydes is 1. The molecule has 0 aliphatic carbocycles. The van der Waals surface area contributed by atoms with Crippen LogP contribution in [0.15, 0.2) is 54.7 Å². The Morgan fingerprint density at radius 3 is 2.54 bits per heavy atom. The van der Waals surface area contributed by atoms with Crippen molar-refractivity contribution in [1.29, 1.82) is 0 Å². The van der Waals surface area contributed by atoms with Crippen LogP contribution in [-0.4, -0.2) is 76.4 Å². The van der Waals surface area contributed by atoms with Crippen molar-refractivity contribution in [2.45, 2.75) is 39.0 Å². The lowest BCUT2D eigenvalue weighted by Crippen LogP contribution is -2.35. The van der Waals surface area contributed by atoms with Gasteiger partial charge in [0, 0.05) is 50.9 Å². The molecule has 0 radical (unpaired) electrons. The largest absolute Gasteiger partial charge is 0.493 e. The maximum absolute atomic E-state index is 13.6. The summed E-state index contributed by atoms with van der Waals surface area (Å²) in [4.78, 5) is 68.0. The minimum absolute atomic E-state index is 0.0545. The summed E-state index contributed by atoms with van der Waals surface area (Å²) in [6, 6.07) is 10.3. The third-order valence-electron chi connectivity index (χ3n) is 7.59. The predicted molar refractivity (Wildman–Crippen MR) is 172 cm³/mol. The highest BCUT2D eigenvalue weighted by Crippen LogP contribution is 2.32. The molecular weight excluding hydrogens is 592 g/mol. The molecule has 1 saturated heterocycles. The van der Waals surface area contributed by atoms with E-state index in [0.29, 0.717) is 62.0 Å². The minimum atomic E-state index is -0.657. The maximum Gasteiger partial charge on any atom is 0.256 e. The molecule has 2 aromatic carbocycles. The number of hydrogen-bond donors (Lipinski definition) is 3. The number of carbonyl (C=O) groups excluding carboxylic acids is 5. The average molecular weight is 631 g/mol. The predicted octanol–water partition coefficient (Wildman–Crippen LogP) is 3.22. The van der Waals surface area contributed by atoms with Crippen LogP contribution in [0.4, 0.5) is 17.2 Å². The first-order valence-corrected chi connectivity index (χ1v) is 14.9. The Kier molecular flexibility index (Phi) is 11.4. The Labute approximate surface area is 266 Å². The van der Waals surface area contributed by atoms with Gasteiger partial charge in [0.05, 0.1) is 17.9 Å². The lowest BCUT2D eigenvalue weighted by atomic mass is 10.0. The number of anilines is 3. The molecule has 1 aliphatic rings. The van der Waals surface area contributed by atoms with Crippen molar-refractivity contribution in [1.82, 2.24) is 14.5 Å². The molecule has 46 heavy (non-hydrogen) atoms. The fraction of sp³-hybridized carbons (Fsp3) is 0.333. The lowest BCUT2D eigenvalue weighted by molar-refractivity contribution is -0.119. The van der Waals surface area contributed by atoms with Gasteiger partial charge in [0.25, 0.3) is 5.91 Å². The molecule has 0 bridgehead atoms. The van der Waals surface area contributed by atoms with Gasteiger partial charge in [-0.2, -0.15) is 0 Å². The Morgan fingerprint density at radius 1 is 1.15 bits per heavy atom. The molecule has 3 aromatic rings. The van der Waals surface area contributed by atoms with E-state index in [9.17, 15) is 29.1 Å². The van der Waals surface area contributed by atoms with Crippen molar-refractivity contribution >= 4 is 47.6 Å². The number of aryl methyl sites for hydroxylation is 3. The standard InChI is InChI=1S/C33H38N6O7/c1-22-12-13-38(17-22)33(45)26-15-23(2)28(46-14-4-5-31(43)36-29-18-37(3)30(19-40)35-29)16-27(26)39(21-42)32(44)11-8-24-6-9-25(10-7-24)34-20-41/h6-7,9-10,15-16,18-20,42H,1,4-5,8,11-14,17,21H2,2-3H3,(H,34,41)(H,36,43). The first-order chi connectivity index (χ1) is 22.1. The number of rotatable bonds is 15. The normalized spacial score (nSPS) is 12.5. The Bertz CT molecular complexity index is 1620. The van der Waals surface area contributed by atoms with E-state index >= 15 is 0 Å². The summed E-state index contributed by atoms with van der Waals surface area (Å²) in [6.45, 7) is 6.19. The highest BCUT2D eigenvalue weighted by atomic mass is 16.5. The van der Waals surface area contributed by atoms with Gasteiger partial charge >= 0.3 is 0 Å². The Balaban J connectivity index is 1.47. The number of likely N-dealkylation sites (tertiary alicyclic amines) is 1. The number of carbonyl (C=O) groups is 5. The summed E-state index contributed by atoms with van der Waals surface area (Å²) < 4.78 is 7.50. The van der Waals surface area contributed by atoms with E-state index in [1.165, 1.54) is 9.47 Å². The second kappa shape index (κ2) is 15.6. The first kappa shape index (κ1) is 33.6. The number of imidazole rings is 1. The number of aliphatic hydroxyl groups is 1. The van der Waals surface area contributed by atoms with Crippen LogP contribution in [0.1, 0.15) is 57.8 Å². The van der Waals surface area contributed by atoms with E-state index in [2.05, 4.69) is 22.2 Å². The quantitative estimate of drug-likeness (QED) is 0.0998. The number of nitrogens with one attached hydrogen (secondary N) is 2. The summed E-state index contributed by atoms with van der Waals surface area (Å²) in [7, 11) is 1.65. The molecule has 13 heteroatoms. The van der Waals surface area contributed by atoms with Crippen LogP contribution in [0.3, 0.4) is 0 Å². The van der Waals surface area contributed by atoms with Gasteiger partial charge in [0.2, 0.25) is 18.2 Å². The number of aromatic nitrogens is 2. The molecule has 1 fully saturated rings. The third kappa shape index (κ3) is 8.45. The van der Waals surface area contributed by atoms with Crippen LogP contribution in [0.5, 0.6) is 5.75 Å². The summed E-state index contributed by atoms with van der Waals surface area (Å²) >= 11 is 0. The van der Waals surface area contributed by atoms with Gasteiger partial charge in [0.15, 0.2) is 17.9 Å². The summed E-state index contributed by atoms with van der Waals surface area (Å²) in [5.41, 5.74) is 3.56. The SMILES string of the molecule is C=C1CCN(C(=O)c2cc(C)c(OCCCC(=O)Nc3cn(C)c(C=O)n3)cc2N(CO)C(=O)CCc2ccc(NC=O)cc2)C1. The molecule has 0 spiro atoms. The van der Waals surface area contributed by atoms with E-state index in [0.717, 1.165) is 11.1 Å². The van der Waals surface area contributed by atoms with Gasteiger partial charge < -0.3 is 29.9 Å². The van der Waals surface area contributed by atoms with Crippen molar-refractivity contribution in [2.75, 3.05) is 42.0 Å². The van der Waals surface area contributed by atoms with Crippen LogP contribution in [-0.2, 0) is 27.9 Å². The van der Waals surface area contributed by atoms with Crippen LogP contribution < -0.4 is 20.3 Å². The van der Waals surface area contributed by atoms with Crippen molar-refractivity contribution in [3.63, 3.8) is 0 Å². The third-order valence-corrected chi connectivity index (χ3v) is 7.59. The van der Waals surface area contributed by atoms with E-state index in [-0.39, 0.29) is 54.2 Å². The zero-order chi connectivity index (χ0) is 33.2. The second-order valence-corrected chi connectivity index (χ2v) is 11.0. The van der Waals surface area contributed by atoms with Crippen molar-refractivity contribution in [3.8, 4) is 5.75 Å². The summed E-state index contributed by atoms with van der Waals surface area (Å²) in [6.07, 6.45) is 4.33. The fourth-order valence-corrected chi connectivity index (χ4v) is 5.07. The smallest absolute Gasteiger partial charge is 0.256 e. The Morgan fingerprint density at radius 2 is 1.91 bits per heavy atom. The zero-order valence-corrected chi connectivity index (χ0v) is 26.0. The molecule has 4 amide bonds. The van der Waals surface area contributed by atoms with Gasteiger partial charge in [-0.1, -0.05) is 24.3 Å². The molecule has 1 aliphatic heterocycles. The molecule has 0 saturated carbocycles. The molecule has 0 unspecified atom stereocenters. The molecule has 4 rings (SSSR count). The number of hydrogen-bond acceptors (Lipinski definition) is 8. The molecule has 0 atom stereocenters. The number of ether oxygens (including phenoxy) is 1. The van der Waals surface area contributed by atoms with E-state index in [4.69, 9.17) is 4.74 Å². The summed E-state index contributed by atoms with van der Waals surface area (Å²) in [5.74, 6) is -0.0928. The molecule has 1 aromatic heterocycles. The van der Waals surface area contributed by atoms with Gasteiger partial charge in [0.1, 0.15) is 12.5 Å². The fourth-order valence-electron chi connectivity index (χ4n) is 5.07. The maximum atomic E-state index is 13.6. The summed E-state index contributed by atoms with van der Waals surface area (Å²) in [5, 5.41) is 15.6. The number of nitrogens with zero attached hydrogens (tertiary/aromatic N) is 4. The second-order valence-electron chi connectivity index (χ2n) is 11.0. The number of amides is 4. The van der Waals surface area contributed by atoms with Crippen LogP contribution >= 0.6 is 0 Å². The molecule has 242 valence electrons. The van der Waals surface area contributed by atoms with Crippen molar-refractivity contribution < 1.29 is 33.8 Å². The van der Waals surface area contributed by atoms with Crippen LogP contribution in [0.2, 0.25) is 0 Å². The highest BCUT2D eigenvalue weighted by Gasteiger charge is 2.28. The van der Waals surface area contributed by atoms with Gasteiger partial charge in [-0.3, -0.25) is 28.9 Å². The van der Waals surface area contributed by atoms with Crippen LogP contribution in [0.25, 0.3) is 0 Å². The van der Waals surface area contributed by atoms with E-state index in [1.807, 2.05) is 0 Å². The molecule has 13 nitrogen and oxygen atoms in total. The average Bonchev–Trinajstić information content (AvgIpc) is 3.64. The minimum Gasteiger partial charge on any atom is -0.493 e. The van der Waals surface area contributed by atoms with E-state index in [1.54, 1.807) is 61.5 Å². The first-order valence-electron chi connectivity index (χ1n) is 14.9. The lowest BCUT2D eigenvalue weighted by Gasteiger charge is -2.26. The zero-order valence-electron chi connectivity index (χ0n) is 26.0. The molecular formula is C33H38N6O7. The molecule has 3 N–H and O–H groups in total. The highest BCUT2D eigenvalue weighted by molar-refractivity contribution is 6.05. The monoisotopic (exact) mass is 630 g/mol. The van der Waals surface area contributed by atoms with Gasteiger partial charge in [-0.05, 0) is 55.5 Å². The van der Waals surface area contributed by atoms with E-state index < -0.39 is 12.6 Å². The topological polar surface area (TPSA) is 163 Å². The van der Waals surface area contributed by atoms with Crippen molar-refractivity contribution in [2.24, 2.45) is 7.05 Å². The Hall–Kier alpha value is -5.30. The van der Waals surface area contributed by atoms with Crippen LogP contribution in [0, 0.1) is 6.92 Å². The van der Waals surface area contributed by atoms with Gasteiger partial charge in [-0.15, -0.1) is 0 Å². The number of benzene rings is 2.